The summed E-state index contributed by atoms with van der Waals surface area (Å²) in [6, 6.07) is 5.20. The van der Waals surface area contributed by atoms with Gasteiger partial charge in [0.2, 0.25) is 10.0 Å². The lowest BCUT2D eigenvalue weighted by Crippen LogP contribution is -2.50. The summed E-state index contributed by atoms with van der Waals surface area (Å²) in [5.74, 6) is 0. The standard InChI is InChI=1S/C12H11N5O2S2/c18-21(19,11-3-1-2-10-12(11)15-20-14-10)17-6-9(7-17)16-5-4-13-8-16/h1-5,8-9H,6-7H2. The molecule has 0 saturated carbocycles. The van der Waals surface area contributed by atoms with E-state index in [2.05, 4.69) is 13.7 Å². The van der Waals surface area contributed by atoms with Crippen molar-refractivity contribution in [1.82, 2.24) is 22.6 Å². The molecule has 9 heteroatoms. The van der Waals surface area contributed by atoms with Crippen LogP contribution in [0, 0.1) is 0 Å². The molecule has 21 heavy (non-hydrogen) atoms. The summed E-state index contributed by atoms with van der Waals surface area (Å²) in [5, 5.41) is 0. The number of hydrogen-bond acceptors (Lipinski definition) is 6. The summed E-state index contributed by atoms with van der Waals surface area (Å²) >= 11 is 1.02. The lowest BCUT2D eigenvalue weighted by atomic mass is 10.2. The normalized spacial score (nSPS) is 17.1. The zero-order valence-electron chi connectivity index (χ0n) is 10.8. The molecule has 3 aromatic rings. The van der Waals surface area contributed by atoms with E-state index in [-0.39, 0.29) is 10.9 Å². The topological polar surface area (TPSA) is 81.0 Å². The highest BCUT2D eigenvalue weighted by Gasteiger charge is 2.38. The molecule has 3 heterocycles. The van der Waals surface area contributed by atoms with Gasteiger partial charge in [0.15, 0.2) is 0 Å². The van der Waals surface area contributed by atoms with E-state index >= 15 is 0 Å². The number of rotatable bonds is 3. The molecule has 0 aliphatic carbocycles. The molecular formula is C12H11N5O2S2. The fraction of sp³-hybridized carbons (Fsp3) is 0.250. The lowest BCUT2D eigenvalue weighted by Gasteiger charge is -2.38. The Morgan fingerprint density at radius 1 is 1.24 bits per heavy atom. The van der Waals surface area contributed by atoms with Crippen LogP contribution in [0.1, 0.15) is 6.04 Å². The Bertz CT molecular complexity index is 881. The predicted octanol–water partition coefficient (Wildman–Crippen LogP) is 1.13. The maximum atomic E-state index is 12.7. The van der Waals surface area contributed by atoms with Crippen molar-refractivity contribution >= 4 is 32.8 Å². The second-order valence-corrected chi connectivity index (χ2v) is 7.31. The summed E-state index contributed by atoms with van der Waals surface area (Å²) in [6.45, 7) is 0.902. The van der Waals surface area contributed by atoms with Crippen LogP contribution in [-0.4, -0.2) is 44.1 Å². The Hall–Kier alpha value is -1.84. The minimum atomic E-state index is -3.52. The number of hydrogen-bond donors (Lipinski definition) is 0. The van der Waals surface area contributed by atoms with Crippen LogP contribution in [-0.2, 0) is 10.0 Å². The zero-order valence-corrected chi connectivity index (χ0v) is 12.5. The Kier molecular flexibility index (Phi) is 2.81. The molecular weight excluding hydrogens is 310 g/mol. The second kappa shape index (κ2) is 4.58. The van der Waals surface area contributed by atoms with Crippen LogP contribution in [0.4, 0.5) is 0 Å². The van der Waals surface area contributed by atoms with E-state index in [0.29, 0.717) is 24.1 Å². The van der Waals surface area contributed by atoms with Gasteiger partial charge in [-0.05, 0) is 12.1 Å². The smallest absolute Gasteiger partial charge is 0.245 e. The van der Waals surface area contributed by atoms with Crippen LogP contribution >= 0.6 is 11.7 Å². The van der Waals surface area contributed by atoms with Crippen molar-refractivity contribution in [2.75, 3.05) is 13.1 Å². The number of benzene rings is 1. The molecule has 2 aromatic heterocycles. The van der Waals surface area contributed by atoms with Crippen LogP contribution in [0.25, 0.3) is 11.0 Å². The predicted molar refractivity (Wildman–Crippen MR) is 77.4 cm³/mol. The molecule has 1 aromatic carbocycles. The molecule has 1 saturated heterocycles. The van der Waals surface area contributed by atoms with Gasteiger partial charge in [-0.25, -0.2) is 13.4 Å². The van der Waals surface area contributed by atoms with Gasteiger partial charge in [-0.15, -0.1) is 0 Å². The first-order chi connectivity index (χ1) is 10.2. The molecule has 1 aliphatic rings. The highest BCUT2D eigenvalue weighted by Crippen LogP contribution is 2.31. The monoisotopic (exact) mass is 321 g/mol. The van der Waals surface area contributed by atoms with Crippen molar-refractivity contribution < 1.29 is 8.42 Å². The summed E-state index contributed by atoms with van der Waals surface area (Å²) in [6.07, 6.45) is 5.25. The molecule has 0 bridgehead atoms. The van der Waals surface area contributed by atoms with E-state index in [1.54, 1.807) is 30.7 Å². The average Bonchev–Trinajstić information content (AvgIpc) is 3.06. The number of imidazole rings is 1. The molecule has 0 radical (unpaired) electrons. The molecule has 0 unspecified atom stereocenters. The molecule has 108 valence electrons. The van der Waals surface area contributed by atoms with Crippen molar-refractivity contribution in [1.29, 1.82) is 0 Å². The summed E-state index contributed by atoms with van der Waals surface area (Å²) in [5.41, 5.74) is 1.07. The van der Waals surface area contributed by atoms with Crippen LogP contribution in [0.3, 0.4) is 0 Å². The van der Waals surface area contributed by atoms with Gasteiger partial charge in [-0.1, -0.05) is 6.07 Å². The second-order valence-electron chi connectivity index (χ2n) is 4.87. The highest BCUT2D eigenvalue weighted by molar-refractivity contribution is 7.89. The molecule has 0 amide bonds. The van der Waals surface area contributed by atoms with E-state index in [1.807, 2.05) is 10.8 Å². The number of fused-ring (bicyclic) bond motifs is 1. The average molecular weight is 321 g/mol. The minimum Gasteiger partial charge on any atom is -0.332 e. The lowest BCUT2D eigenvalue weighted by molar-refractivity contribution is 0.204. The van der Waals surface area contributed by atoms with E-state index in [0.717, 1.165) is 11.7 Å². The molecule has 1 aliphatic heterocycles. The third-order valence-corrected chi connectivity index (χ3v) is 6.05. The number of sulfonamides is 1. The van der Waals surface area contributed by atoms with Gasteiger partial charge in [0.05, 0.1) is 24.1 Å². The van der Waals surface area contributed by atoms with Gasteiger partial charge in [0.25, 0.3) is 0 Å². The third-order valence-electron chi connectivity index (χ3n) is 3.64. The zero-order chi connectivity index (χ0) is 14.4. The first-order valence-electron chi connectivity index (χ1n) is 6.35. The molecule has 0 spiro atoms. The molecule has 7 nitrogen and oxygen atoms in total. The SMILES string of the molecule is O=S(=O)(c1cccc2nsnc12)N1CC(n2ccnc2)C1. The van der Waals surface area contributed by atoms with Crippen LogP contribution in [0.2, 0.25) is 0 Å². The van der Waals surface area contributed by atoms with Crippen molar-refractivity contribution in [3.63, 3.8) is 0 Å². The van der Waals surface area contributed by atoms with E-state index in [9.17, 15) is 8.42 Å². The van der Waals surface area contributed by atoms with Crippen LogP contribution < -0.4 is 0 Å². The minimum absolute atomic E-state index is 0.148. The maximum Gasteiger partial charge on any atom is 0.245 e. The first kappa shape index (κ1) is 12.9. The number of nitrogens with zero attached hydrogens (tertiary/aromatic N) is 5. The van der Waals surface area contributed by atoms with Gasteiger partial charge in [0, 0.05) is 25.5 Å². The van der Waals surface area contributed by atoms with E-state index < -0.39 is 10.0 Å². The largest absolute Gasteiger partial charge is 0.332 e. The molecule has 0 N–H and O–H groups in total. The van der Waals surface area contributed by atoms with Crippen molar-refractivity contribution in [3.05, 3.63) is 36.9 Å². The molecule has 0 atom stereocenters. The van der Waals surface area contributed by atoms with E-state index in [1.165, 1.54) is 4.31 Å². The van der Waals surface area contributed by atoms with Crippen molar-refractivity contribution in [2.45, 2.75) is 10.9 Å². The summed E-state index contributed by atoms with van der Waals surface area (Å²) in [4.78, 5) is 4.22. The third kappa shape index (κ3) is 1.96. The first-order valence-corrected chi connectivity index (χ1v) is 8.52. The Labute approximate surface area is 125 Å². The van der Waals surface area contributed by atoms with Crippen molar-refractivity contribution in [3.8, 4) is 0 Å². The Morgan fingerprint density at radius 2 is 2.10 bits per heavy atom. The molecule has 4 rings (SSSR count). The van der Waals surface area contributed by atoms with E-state index in [4.69, 9.17) is 0 Å². The quantitative estimate of drug-likeness (QED) is 0.722. The van der Waals surface area contributed by atoms with Crippen molar-refractivity contribution in [2.24, 2.45) is 0 Å². The fourth-order valence-electron chi connectivity index (χ4n) is 2.42. The van der Waals surface area contributed by atoms with Crippen LogP contribution in [0.15, 0.2) is 41.8 Å². The van der Waals surface area contributed by atoms with Gasteiger partial charge in [-0.2, -0.15) is 13.1 Å². The maximum absolute atomic E-state index is 12.7. The number of aromatic nitrogens is 4. The summed E-state index contributed by atoms with van der Waals surface area (Å²) < 4.78 is 36.9. The van der Waals surface area contributed by atoms with Gasteiger partial charge in [0.1, 0.15) is 15.9 Å². The fourth-order valence-corrected chi connectivity index (χ4v) is 4.68. The molecule has 1 fully saturated rings. The highest BCUT2D eigenvalue weighted by atomic mass is 32.2. The van der Waals surface area contributed by atoms with Gasteiger partial charge >= 0.3 is 0 Å². The Balaban J connectivity index is 1.65. The Morgan fingerprint density at radius 3 is 2.86 bits per heavy atom. The van der Waals surface area contributed by atoms with Gasteiger partial charge in [-0.3, -0.25) is 0 Å². The van der Waals surface area contributed by atoms with Crippen LogP contribution in [0.5, 0.6) is 0 Å². The summed E-state index contributed by atoms with van der Waals surface area (Å²) in [7, 11) is -3.52. The van der Waals surface area contributed by atoms with Gasteiger partial charge < -0.3 is 4.57 Å².